The predicted octanol–water partition coefficient (Wildman–Crippen LogP) is 0.577. The molecule has 1 spiro atoms. The topological polar surface area (TPSA) is 86.7 Å². The van der Waals surface area contributed by atoms with Gasteiger partial charge >= 0.3 is 5.97 Å². The van der Waals surface area contributed by atoms with Crippen molar-refractivity contribution in [2.24, 2.45) is 34.5 Å². The summed E-state index contributed by atoms with van der Waals surface area (Å²) in [5, 5.41) is 22.8. The van der Waals surface area contributed by atoms with Crippen molar-refractivity contribution in [3.05, 3.63) is 24.3 Å². The molecule has 0 amide bonds. The number of ether oxygens (including phenoxy) is 1. The first-order chi connectivity index (χ1) is 11.3. The van der Waals surface area contributed by atoms with Gasteiger partial charge < -0.3 is 19.7 Å². The molecule has 8 atom stereocenters. The Labute approximate surface area is 140 Å². The molecule has 4 fully saturated rings. The van der Waals surface area contributed by atoms with Crippen LogP contribution in [0, 0.1) is 34.5 Å². The van der Waals surface area contributed by atoms with Gasteiger partial charge in [-0.05, 0) is 50.0 Å². The van der Waals surface area contributed by atoms with Gasteiger partial charge in [0.15, 0.2) is 0 Å². The molecule has 1 aliphatic heterocycles. The van der Waals surface area contributed by atoms with Crippen molar-refractivity contribution in [1.82, 2.24) is 0 Å². The Morgan fingerprint density at radius 1 is 1.46 bits per heavy atom. The van der Waals surface area contributed by atoms with Gasteiger partial charge in [0, 0.05) is 23.7 Å². The number of aliphatic carboxylic acids is 1. The average molecular weight is 329 g/mol. The fourth-order valence-corrected chi connectivity index (χ4v) is 7.12. The molecule has 0 aromatic carbocycles. The molecule has 5 rings (SSSR count). The average Bonchev–Trinajstić information content (AvgIpc) is 2.98. The molecule has 4 aliphatic carbocycles. The van der Waals surface area contributed by atoms with Crippen LogP contribution in [-0.2, 0) is 14.3 Å². The van der Waals surface area contributed by atoms with Gasteiger partial charge in [-0.3, -0.25) is 4.79 Å². The minimum atomic E-state index is -1.22. The normalized spacial score (nSPS) is 56.8. The number of aliphatic hydroxyl groups is 1. The minimum absolute atomic E-state index is 0.0390. The molecule has 1 N–H and O–H groups in total. The molecule has 5 aliphatic rings. The fraction of sp³-hybridized carbons (Fsp3) is 0.684. The number of carboxylic acids is 1. The molecule has 0 unspecified atom stereocenters. The SMILES string of the molecule is C=C1C[C@]23C[C@H]1CC[C@H]2[C@@]12C=C[C@H](O)[C@](C)(C(=O)O1)[C@H]2[C@@H]3C(=O)[O-]. The van der Waals surface area contributed by atoms with Crippen molar-refractivity contribution in [2.45, 2.75) is 44.3 Å². The lowest BCUT2D eigenvalue weighted by atomic mass is 9.61. The maximum Gasteiger partial charge on any atom is 0.316 e. The molecule has 5 nitrogen and oxygen atoms in total. The summed E-state index contributed by atoms with van der Waals surface area (Å²) in [6, 6.07) is 0. The van der Waals surface area contributed by atoms with Crippen LogP contribution in [0.1, 0.15) is 32.6 Å². The van der Waals surface area contributed by atoms with E-state index in [0.717, 1.165) is 24.8 Å². The number of rotatable bonds is 1. The van der Waals surface area contributed by atoms with Gasteiger partial charge in [0.05, 0.1) is 6.10 Å². The lowest BCUT2D eigenvalue weighted by molar-refractivity contribution is -0.318. The summed E-state index contributed by atoms with van der Waals surface area (Å²) in [5.74, 6) is -2.64. The van der Waals surface area contributed by atoms with Gasteiger partial charge in [-0.15, -0.1) is 0 Å². The molecule has 3 saturated carbocycles. The van der Waals surface area contributed by atoms with Crippen LogP contribution in [0.5, 0.6) is 0 Å². The van der Waals surface area contributed by atoms with Crippen molar-refractivity contribution in [3.8, 4) is 0 Å². The molecule has 1 saturated heterocycles. The lowest BCUT2D eigenvalue weighted by Gasteiger charge is -2.43. The number of carbonyl (C=O) groups excluding carboxylic acids is 2. The quantitative estimate of drug-likeness (QED) is 0.562. The Kier molecular flexibility index (Phi) is 2.42. The highest BCUT2D eigenvalue weighted by atomic mass is 16.6. The molecule has 5 heteroatoms. The van der Waals surface area contributed by atoms with Gasteiger partial charge in [0.1, 0.15) is 11.0 Å². The van der Waals surface area contributed by atoms with Crippen molar-refractivity contribution < 1.29 is 24.5 Å². The first kappa shape index (κ1) is 14.7. The van der Waals surface area contributed by atoms with E-state index in [2.05, 4.69) is 6.58 Å². The number of carbonyl (C=O) groups is 2. The van der Waals surface area contributed by atoms with Crippen LogP contribution in [0.15, 0.2) is 24.3 Å². The van der Waals surface area contributed by atoms with Gasteiger partial charge in [-0.25, -0.2) is 0 Å². The summed E-state index contributed by atoms with van der Waals surface area (Å²) in [5.41, 5.74) is -1.47. The number of hydrogen-bond donors (Lipinski definition) is 1. The van der Waals surface area contributed by atoms with Crippen LogP contribution in [0.2, 0.25) is 0 Å². The summed E-state index contributed by atoms with van der Waals surface area (Å²) < 4.78 is 5.89. The molecular formula is C19H21O5-. The third-order valence-corrected chi connectivity index (χ3v) is 8.00. The van der Waals surface area contributed by atoms with Crippen LogP contribution in [0.3, 0.4) is 0 Å². The molecule has 24 heavy (non-hydrogen) atoms. The highest BCUT2D eigenvalue weighted by Crippen LogP contribution is 2.76. The molecular weight excluding hydrogens is 308 g/mol. The maximum atomic E-state index is 12.7. The van der Waals surface area contributed by atoms with Crippen molar-refractivity contribution in [3.63, 3.8) is 0 Å². The van der Waals surface area contributed by atoms with Crippen LogP contribution in [0.4, 0.5) is 0 Å². The van der Waals surface area contributed by atoms with E-state index in [4.69, 9.17) is 4.74 Å². The smallest absolute Gasteiger partial charge is 0.316 e. The largest absolute Gasteiger partial charge is 0.550 e. The van der Waals surface area contributed by atoms with Gasteiger partial charge in [0.2, 0.25) is 0 Å². The summed E-state index contributed by atoms with van der Waals surface area (Å²) in [6.45, 7) is 5.84. The Bertz CT molecular complexity index is 725. The number of allylic oxidation sites excluding steroid dienone is 1. The summed E-state index contributed by atoms with van der Waals surface area (Å²) >= 11 is 0. The second kappa shape index (κ2) is 3.96. The zero-order valence-electron chi connectivity index (χ0n) is 13.7. The monoisotopic (exact) mass is 329 g/mol. The summed E-state index contributed by atoms with van der Waals surface area (Å²) in [4.78, 5) is 24.9. The van der Waals surface area contributed by atoms with Crippen LogP contribution < -0.4 is 5.11 Å². The van der Waals surface area contributed by atoms with Crippen LogP contribution >= 0.6 is 0 Å². The molecule has 4 bridgehead atoms. The number of carboxylic acid groups (broad SMARTS) is 1. The van der Waals surface area contributed by atoms with Gasteiger partial charge in [-0.2, -0.15) is 0 Å². The number of aliphatic hydroxyl groups excluding tert-OH is 1. The molecule has 0 aromatic rings. The molecule has 128 valence electrons. The van der Waals surface area contributed by atoms with Crippen molar-refractivity contribution >= 4 is 11.9 Å². The van der Waals surface area contributed by atoms with E-state index in [-0.39, 0.29) is 5.92 Å². The highest BCUT2D eigenvalue weighted by Gasteiger charge is 2.81. The standard InChI is InChI=1S/C19H22O5/c1-9-7-18-8-10(9)3-4-11(18)19-6-5-12(20)17(2,16(23)24-19)14(19)13(18)15(21)22/h5-6,10-14,20H,1,3-4,7-8H2,2H3,(H,21,22)/p-1/t10-,11-,12+,13-,14-,17+,18+,19-/m1/s1. The first-order valence-electron chi connectivity index (χ1n) is 8.77. The lowest BCUT2D eigenvalue weighted by Crippen LogP contribution is -2.53. The van der Waals surface area contributed by atoms with E-state index in [9.17, 15) is 19.8 Å². The molecule has 0 radical (unpaired) electrons. The fourth-order valence-electron chi connectivity index (χ4n) is 7.12. The zero-order chi connectivity index (χ0) is 17.1. The Balaban J connectivity index is 1.78. The second-order valence-electron chi connectivity index (χ2n) is 8.70. The second-order valence-corrected chi connectivity index (χ2v) is 8.70. The highest BCUT2D eigenvalue weighted by molar-refractivity contribution is 5.86. The molecule has 1 heterocycles. The number of fused-ring (bicyclic) bond motifs is 1. The van der Waals surface area contributed by atoms with E-state index in [1.807, 2.05) is 0 Å². The molecule has 0 aromatic heterocycles. The summed E-state index contributed by atoms with van der Waals surface area (Å²) in [6.07, 6.45) is 5.62. The predicted molar refractivity (Wildman–Crippen MR) is 81.1 cm³/mol. The number of hydrogen-bond acceptors (Lipinski definition) is 5. The van der Waals surface area contributed by atoms with E-state index in [1.165, 1.54) is 0 Å². The summed E-state index contributed by atoms with van der Waals surface area (Å²) in [7, 11) is 0. The van der Waals surface area contributed by atoms with E-state index < -0.39 is 46.3 Å². The Hall–Kier alpha value is -1.62. The van der Waals surface area contributed by atoms with Crippen molar-refractivity contribution in [2.75, 3.05) is 0 Å². The Morgan fingerprint density at radius 2 is 2.21 bits per heavy atom. The number of esters is 1. The van der Waals surface area contributed by atoms with E-state index in [1.54, 1.807) is 19.1 Å². The maximum absolute atomic E-state index is 12.7. The van der Waals surface area contributed by atoms with Crippen LogP contribution in [0.25, 0.3) is 0 Å². The van der Waals surface area contributed by atoms with E-state index in [0.29, 0.717) is 12.3 Å². The minimum Gasteiger partial charge on any atom is -0.550 e. The zero-order valence-corrected chi connectivity index (χ0v) is 13.7. The van der Waals surface area contributed by atoms with Crippen molar-refractivity contribution in [1.29, 1.82) is 0 Å². The van der Waals surface area contributed by atoms with Gasteiger partial charge in [0.25, 0.3) is 0 Å². The van der Waals surface area contributed by atoms with Gasteiger partial charge in [-0.1, -0.05) is 18.2 Å². The third kappa shape index (κ3) is 1.25. The Morgan fingerprint density at radius 3 is 2.92 bits per heavy atom. The van der Waals surface area contributed by atoms with E-state index >= 15 is 0 Å². The van der Waals surface area contributed by atoms with Crippen LogP contribution in [-0.4, -0.2) is 28.8 Å². The third-order valence-electron chi connectivity index (χ3n) is 8.00. The first-order valence-corrected chi connectivity index (χ1v) is 8.77.